The van der Waals surface area contributed by atoms with Crippen molar-refractivity contribution in [2.45, 2.75) is 64.0 Å². The number of pyridine rings is 1. The maximum Gasteiger partial charge on any atom is 0.255 e. The molecule has 0 bridgehead atoms. The van der Waals surface area contributed by atoms with Gasteiger partial charge in [-0.05, 0) is 50.7 Å². The first kappa shape index (κ1) is 18.3. The number of hydrogen-bond acceptors (Lipinski definition) is 4. The molecule has 1 saturated carbocycles. The van der Waals surface area contributed by atoms with Crippen LogP contribution in [0.25, 0.3) is 0 Å². The third kappa shape index (κ3) is 4.79. The molecule has 0 unspecified atom stereocenters. The molecule has 1 aliphatic carbocycles. The Morgan fingerprint density at radius 3 is 2.84 bits per heavy atom. The van der Waals surface area contributed by atoms with Crippen LogP contribution in [0.3, 0.4) is 0 Å². The molecule has 0 radical (unpaired) electrons. The van der Waals surface area contributed by atoms with Crippen molar-refractivity contribution in [3.63, 3.8) is 0 Å². The van der Waals surface area contributed by atoms with Crippen molar-refractivity contribution in [3.8, 4) is 0 Å². The third-order valence-corrected chi connectivity index (χ3v) is 5.58. The van der Waals surface area contributed by atoms with Crippen molar-refractivity contribution in [2.75, 3.05) is 19.6 Å². The summed E-state index contributed by atoms with van der Waals surface area (Å²) in [6, 6.07) is 5.90. The van der Waals surface area contributed by atoms with Crippen LogP contribution in [-0.4, -0.2) is 46.1 Å². The molecular formula is C20H31N3O2. The molecule has 0 spiro atoms. The molecule has 3 rings (SSSR count). The molecule has 25 heavy (non-hydrogen) atoms. The van der Waals surface area contributed by atoms with Gasteiger partial charge in [0.25, 0.3) is 5.91 Å². The van der Waals surface area contributed by atoms with Crippen LogP contribution in [0.15, 0.2) is 18.2 Å². The van der Waals surface area contributed by atoms with Crippen LogP contribution in [0.4, 0.5) is 0 Å². The highest BCUT2D eigenvalue weighted by atomic mass is 16.3. The molecule has 1 aliphatic heterocycles. The molecule has 0 aromatic carbocycles. The van der Waals surface area contributed by atoms with Gasteiger partial charge < -0.3 is 15.3 Å². The van der Waals surface area contributed by atoms with Crippen LogP contribution in [0, 0.1) is 12.8 Å². The summed E-state index contributed by atoms with van der Waals surface area (Å²) < 4.78 is 0. The van der Waals surface area contributed by atoms with Crippen LogP contribution in [0.1, 0.15) is 56.3 Å². The molecular weight excluding hydrogens is 314 g/mol. The summed E-state index contributed by atoms with van der Waals surface area (Å²) in [5.41, 5.74) is 0.646. The van der Waals surface area contributed by atoms with E-state index in [1.165, 1.54) is 32.1 Å². The summed E-state index contributed by atoms with van der Waals surface area (Å²) in [7, 11) is 0. The second kappa shape index (κ2) is 8.28. The average molecular weight is 345 g/mol. The quantitative estimate of drug-likeness (QED) is 0.831. The monoisotopic (exact) mass is 345 g/mol. The van der Waals surface area contributed by atoms with Gasteiger partial charge in [-0.3, -0.25) is 9.78 Å². The average Bonchev–Trinajstić information content (AvgIpc) is 2.60. The number of carbonyl (C=O) groups excluding carboxylic acids is 1. The topological polar surface area (TPSA) is 65.5 Å². The van der Waals surface area contributed by atoms with E-state index in [0.717, 1.165) is 30.9 Å². The van der Waals surface area contributed by atoms with E-state index in [1.54, 1.807) is 0 Å². The van der Waals surface area contributed by atoms with Crippen molar-refractivity contribution in [1.82, 2.24) is 15.2 Å². The number of hydrogen-bond donors (Lipinski definition) is 2. The Labute approximate surface area is 150 Å². The molecule has 1 atom stereocenters. The molecule has 2 heterocycles. The van der Waals surface area contributed by atoms with Crippen molar-refractivity contribution < 1.29 is 9.90 Å². The van der Waals surface area contributed by atoms with Crippen molar-refractivity contribution in [1.29, 1.82) is 0 Å². The minimum atomic E-state index is -1.27. The van der Waals surface area contributed by atoms with Gasteiger partial charge in [0, 0.05) is 31.9 Å². The second-order valence-electron chi connectivity index (χ2n) is 7.76. The molecule has 2 aliphatic rings. The number of nitrogens with one attached hydrogen (secondary N) is 1. The maximum absolute atomic E-state index is 12.8. The van der Waals surface area contributed by atoms with Gasteiger partial charge >= 0.3 is 0 Å². The first-order valence-electron chi connectivity index (χ1n) is 9.72. The van der Waals surface area contributed by atoms with E-state index >= 15 is 0 Å². The fraction of sp³-hybridized carbons (Fsp3) is 0.700. The summed E-state index contributed by atoms with van der Waals surface area (Å²) in [5, 5.41) is 14.1. The fourth-order valence-corrected chi connectivity index (χ4v) is 4.18. The standard InChI is InChI=1S/C20H31N3O2/c1-16-7-5-10-18(22-16)13-21-15-20(25)11-6-12-23(19(20)24)14-17-8-3-2-4-9-17/h5,7,10,17,21,25H,2-4,6,8-9,11-15H2,1H3/t20-/m1/s1. The summed E-state index contributed by atoms with van der Waals surface area (Å²) in [4.78, 5) is 19.2. The van der Waals surface area contributed by atoms with E-state index in [2.05, 4.69) is 10.3 Å². The van der Waals surface area contributed by atoms with Gasteiger partial charge in [0.15, 0.2) is 5.60 Å². The van der Waals surface area contributed by atoms with E-state index < -0.39 is 5.60 Å². The predicted molar refractivity (Wildman–Crippen MR) is 98.0 cm³/mol. The van der Waals surface area contributed by atoms with Crippen molar-refractivity contribution >= 4 is 5.91 Å². The number of piperidine rings is 1. The van der Waals surface area contributed by atoms with Crippen molar-refractivity contribution in [3.05, 3.63) is 29.6 Å². The molecule has 1 amide bonds. The predicted octanol–water partition coefficient (Wildman–Crippen LogP) is 2.41. The first-order chi connectivity index (χ1) is 12.1. The van der Waals surface area contributed by atoms with Gasteiger partial charge in [0.1, 0.15) is 0 Å². The van der Waals surface area contributed by atoms with Gasteiger partial charge in [-0.2, -0.15) is 0 Å². The number of carbonyl (C=O) groups is 1. The highest BCUT2D eigenvalue weighted by molar-refractivity contribution is 5.86. The van der Waals surface area contributed by atoms with Gasteiger partial charge in [0.05, 0.1) is 5.69 Å². The second-order valence-corrected chi connectivity index (χ2v) is 7.76. The Bertz CT molecular complexity index is 586. The number of nitrogens with zero attached hydrogens (tertiary/aromatic N) is 2. The number of aromatic nitrogens is 1. The molecule has 5 heteroatoms. The summed E-state index contributed by atoms with van der Waals surface area (Å²) in [5.74, 6) is 0.526. The van der Waals surface area contributed by atoms with Crippen LogP contribution in [0.5, 0.6) is 0 Å². The van der Waals surface area contributed by atoms with E-state index in [9.17, 15) is 9.90 Å². The fourth-order valence-electron chi connectivity index (χ4n) is 4.18. The Balaban J connectivity index is 1.53. The molecule has 1 aromatic rings. The smallest absolute Gasteiger partial charge is 0.255 e. The van der Waals surface area contributed by atoms with E-state index in [0.29, 0.717) is 25.4 Å². The Morgan fingerprint density at radius 1 is 1.28 bits per heavy atom. The van der Waals surface area contributed by atoms with E-state index in [-0.39, 0.29) is 5.91 Å². The van der Waals surface area contributed by atoms with Crippen LogP contribution >= 0.6 is 0 Å². The lowest BCUT2D eigenvalue weighted by Crippen LogP contribution is -2.58. The zero-order valence-corrected chi connectivity index (χ0v) is 15.3. The normalized spacial score (nSPS) is 25.4. The highest BCUT2D eigenvalue weighted by Crippen LogP contribution is 2.28. The first-order valence-corrected chi connectivity index (χ1v) is 9.72. The Morgan fingerprint density at radius 2 is 2.08 bits per heavy atom. The lowest BCUT2D eigenvalue weighted by molar-refractivity contribution is -0.157. The van der Waals surface area contributed by atoms with Crippen molar-refractivity contribution in [2.24, 2.45) is 5.92 Å². The largest absolute Gasteiger partial charge is 0.379 e. The zero-order chi connectivity index (χ0) is 17.7. The van der Waals surface area contributed by atoms with Gasteiger partial charge in [-0.25, -0.2) is 0 Å². The number of likely N-dealkylation sites (tertiary alicyclic amines) is 1. The highest BCUT2D eigenvalue weighted by Gasteiger charge is 2.42. The van der Waals surface area contributed by atoms with E-state index in [4.69, 9.17) is 0 Å². The molecule has 1 saturated heterocycles. The summed E-state index contributed by atoms with van der Waals surface area (Å²) in [6.07, 6.45) is 7.74. The minimum Gasteiger partial charge on any atom is -0.379 e. The number of aliphatic hydroxyl groups is 1. The van der Waals surface area contributed by atoms with Crippen LogP contribution in [-0.2, 0) is 11.3 Å². The van der Waals surface area contributed by atoms with Crippen LogP contribution in [0.2, 0.25) is 0 Å². The summed E-state index contributed by atoms with van der Waals surface area (Å²) >= 11 is 0. The molecule has 138 valence electrons. The molecule has 2 N–H and O–H groups in total. The third-order valence-electron chi connectivity index (χ3n) is 5.58. The SMILES string of the molecule is Cc1cccc(CNC[C@]2(O)CCCN(CC3CCCCC3)C2=O)n1. The molecule has 2 fully saturated rings. The van der Waals surface area contributed by atoms with E-state index in [1.807, 2.05) is 30.0 Å². The lowest BCUT2D eigenvalue weighted by Gasteiger charge is -2.40. The minimum absolute atomic E-state index is 0.0889. The van der Waals surface area contributed by atoms with Gasteiger partial charge in [0.2, 0.25) is 0 Å². The maximum atomic E-state index is 12.8. The summed E-state index contributed by atoms with van der Waals surface area (Å²) in [6.45, 7) is 4.44. The Kier molecular flexibility index (Phi) is 6.07. The van der Waals surface area contributed by atoms with Gasteiger partial charge in [-0.1, -0.05) is 25.3 Å². The lowest BCUT2D eigenvalue weighted by atomic mass is 9.86. The number of amides is 1. The Hall–Kier alpha value is -1.46. The van der Waals surface area contributed by atoms with Gasteiger partial charge in [-0.15, -0.1) is 0 Å². The number of rotatable bonds is 6. The molecule has 5 nitrogen and oxygen atoms in total. The van der Waals surface area contributed by atoms with Crippen LogP contribution < -0.4 is 5.32 Å². The zero-order valence-electron chi connectivity index (χ0n) is 15.3. The number of aryl methyl sites for hydroxylation is 1. The molecule has 1 aromatic heterocycles.